The zero-order valence-electron chi connectivity index (χ0n) is 16.9. The molecule has 0 aliphatic carbocycles. The molecule has 28 heavy (non-hydrogen) atoms. The zero-order chi connectivity index (χ0) is 19.8. The van der Waals surface area contributed by atoms with E-state index >= 15 is 0 Å². The number of nitrogens with zero attached hydrogens (tertiary/aromatic N) is 4. The smallest absolute Gasteiger partial charge is 0.230 e. The first-order chi connectivity index (χ1) is 13.7. The molecule has 1 aliphatic rings. The van der Waals surface area contributed by atoms with Crippen LogP contribution in [0.4, 0.5) is 0 Å². The van der Waals surface area contributed by atoms with Crippen LogP contribution in [0.3, 0.4) is 0 Å². The van der Waals surface area contributed by atoms with Gasteiger partial charge in [0, 0.05) is 11.7 Å². The predicted octanol–water partition coefficient (Wildman–Crippen LogP) is 3.65. The summed E-state index contributed by atoms with van der Waals surface area (Å²) in [5, 5.41) is 12.7. The second-order valence-corrected chi connectivity index (χ2v) is 8.39. The second kappa shape index (κ2) is 10.6. The number of para-hydroxylation sites is 1. The summed E-state index contributed by atoms with van der Waals surface area (Å²) in [5.41, 5.74) is 1.04. The average Bonchev–Trinajstić information content (AvgIpc) is 3.10. The third kappa shape index (κ3) is 5.82. The van der Waals surface area contributed by atoms with E-state index in [1.54, 1.807) is 0 Å². The largest absolute Gasteiger partial charge is 0.353 e. The number of thioether (sulfide) groups is 1. The molecule has 1 fully saturated rings. The van der Waals surface area contributed by atoms with Crippen molar-refractivity contribution in [2.45, 2.75) is 63.7 Å². The average molecular weight is 402 g/mol. The van der Waals surface area contributed by atoms with Gasteiger partial charge >= 0.3 is 0 Å². The summed E-state index contributed by atoms with van der Waals surface area (Å²) < 4.78 is 2.10. The quantitative estimate of drug-likeness (QED) is 0.650. The zero-order valence-corrected chi connectivity index (χ0v) is 17.7. The molecular weight excluding hydrogens is 370 g/mol. The van der Waals surface area contributed by atoms with Crippen LogP contribution in [0.2, 0.25) is 0 Å². The van der Waals surface area contributed by atoms with Crippen molar-refractivity contribution in [3.63, 3.8) is 0 Å². The van der Waals surface area contributed by atoms with Crippen LogP contribution in [0, 0.1) is 0 Å². The highest BCUT2D eigenvalue weighted by atomic mass is 32.2. The number of nitrogens with one attached hydrogen (secondary N) is 1. The van der Waals surface area contributed by atoms with Crippen LogP contribution in [0.1, 0.15) is 51.8 Å². The maximum atomic E-state index is 12.3. The number of benzene rings is 1. The van der Waals surface area contributed by atoms with E-state index in [0.717, 1.165) is 49.1 Å². The summed E-state index contributed by atoms with van der Waals surface area (Å²) in [6.07, 6.45) is 5.87. The van der Waals surface area contributed by atoms with Crippen molar-refractivity contribution in [1.29, 1.82) is 0 Å². The van der Waals surface area contributed by atoms with E-state index in [2.05, 4.69) is 51.0 Å². The fourth-order valence-corrected chi connectivity index (χ4v) is 4.38. The molecule has 1 aromatic heterocycles. The van der Waals surface area contributed by atoms with Crippen molar-refractivity contribution < 1.29 is 4.79 Å². The Hall–Kier alpha value is -1.86. The monoisotopic (exact) mass is 401 g/mol. The van der Waals surface area contributed by atoms with Crippen LogP contribution < -0.4 is 5.32 Å². The van der Waals surface area contributed by atoms with Crippen molar-refractivity contribution in [2.75, 3.05) is 18.8 Å². The molecule has 3 rings (SSSR count). The van der Waals surface area contributed by atoms with Crippen molar-refractivity contribution in [3.05, 3.63) is 36.2 Å². The lowest BCUT2D eigenvalue weighted by Crippen LogP contribution is -2.33. The van der Waals surface area contributed by atoms with E-state index in [1.807, 2.05) is 18.2 Å². The fraction of sp³-hybridized carbons (Fsp3) is 0.571. The Balaban J connectivity index is 1.72. The number of hydrogen-bond donors (Lipinski definition) is 1. The molecule has 6 nitrogen and oxygen atoms in total. The third-order valence-corrected chi connectivity index (χ3v) is 5.92. The summed E-state index contributed by atoms with van der Waals surface area (Å²) in [4.78, 5) is 14.7. The van der Waals surface area contributed by atoms with Crippen LogP contribution in [0.25, 0.3) is 5.69 Å². The van der Waals surface area contributed by atoms with Gasteiger partial charge in [-0.2, -0.15) is 0 Å². The van der Waals surface area contributed by atoms with E-state index in [9.17, 15) is 4.79 Å². The van der Waals surface area contributed by atoms with Gasteiger partial charge in [0.05, 0.1) is 12.3 Å². The highest BCUT2D eigenvalue weighted by molar-refractivity contribution is 7.99. The predicted molar refractivity (Wildman–Crippen MR) is 114 cm³/mol. The van der Waals surface area contributed by atoms with Crippen molar-refractivity contribution in [1.82, 2.24) is 25.0 Å². The molecule has 1 atom stereocenters. The lowest BCUT2D eigenvalue weighted by Gasteiger charge is -2.26. The third-order valence-electron chi connectivity index (χ3n) is 4.99. The van der Waals surface area contributed by atoms with Crippen LogP contribution in [-0.2, 0) is 11.3 Å². The van der Waals surface area contributed by atoms with Gasteiger partial charge in [0.1, 0.15) is 0 Å². The van der Waals surface area contributed by atoms with Gasteiger partial charge in [-0.1, -0.05) is 49.7 Å². The molecule has 2 heterocycles. The summed E-state index contributed by atoms with van der Waals surface area (Å²) in [7, 11) is 0. The molecule has 0 spiro atoms. The Morgan fingerprint density at radius 1 is 1.18 bits per heavy atom. The minimum atomic E-state index is 0.0474. The standard InChI is InChI=1S/C21H31N5OS/c1-3-10-17(2)22-20(27)16-28-21-24-23-19(15-25-13-8-5-9-14-25)26(21)18-11-6-4-7-12-18/h4,6-7,11-12,17H,3,5,8-10,13-16H2,1-2H3,(H,22,27). The number of likely N-dealkylation sites (tertiary alicyclic amines) is 1. The fourth-order valence-electron chi connectivity index (χ4n) is 3.60. The molecular formula is C21H31N5OS. The van der Waals surface area contributed by atoms with Gasteiger partial charge < -0.3 is 5.32 Å². The van der Waals surface area contributed by atoms with Gasteiger partial charge in [0.2, 0.25) is 5.91 Å². The SMILES string of the molecule is CCCC(C)NC(=O)CSc1nnc(CN2CCCCC2)n1-c1ccccc1. The Morgan fingerprint density at radius 3 is 2.64 bits per heavy atom. The number of carbonyl (C=O) groups excluding carboxylic acids is 1. The molecule has 0 bridgehead atoms. The molecule has 1 unspecified atom stereocenters. The second-order valence-electron chi connectivity index (χ2n) is 7.45. The number of carbonyl (C=O) groups is 1. The Morgan fingerprint density at radius 2 is 1.93 bits per heavy atom. The van der Waals surface area contributed by atoms with Crippen molar-refractivity contribution >= 4 is 17.7 Å². The molecule has 7 heteroatoms. The van der Waals surface area contributed by atoms with Crippen LogP contribution in [-0.4, -0.2) is 50.5 Å². The molecule has 1 amide bonds. The lowest BCUT2D eigenvalue weighted by atomic mass is 10.1. The number of piperidine rings is 1. The van der Waals surface area contributed by atoms with Gasteiger partial charge in [-0.3, -0.25) is 14.3 Å². The Bertz CT molecular complexity index is 743. The van der Waals surface area contributed by atoms with Gasteiger partial charge in [-0.25, -0.2) is 0 Å². The Labute approximate surface area is 172 Å². The molecule has 1 N–H and O–H groups in total. The molecule has 152 valence electrons. The van der Waals surface area contributed by atoms with E-state index in [4.69, 9.17) is 0 Å². The summed E-state index contributed by atoms with van der Waals surface area (Å²) in [6, 6.07) is 10.4. The van der Waals surface area contributed by atoms with Crippen molar-refractivity contribution in [2.24, 2.45) is 0 Å². The van der Waals surface area contributed by atoms with Gasteiger partial charge in [0.25, 0.3) is 0 Å². The van der Waals surface area contributed by atoms with Gasteiger partial charge in [0.15, 0.2) is 11.0 Å². The first-order valence-corrected chi connectivity index (χ1v) is 11.3. The van der Waals surface area contributed by atoms with Crippen LogP contribution >= 0.6 is 11.8 Å². The van der Waals surface area contributed by atoms with E-state index in [0.29, 0.717) is 5.75 Å². The minimum Gasteiger partial charge on any atom is -0.353 e. The van der Waals surface area contributed by atoms with Gasteiger partial charge in [-0.15, -0.1) is 10.2 Å². The highest BCUT2D eigenvalue weighted by Gasteiger charge is 2.19. The Kier molecular flexibility index (Phi) is 7.91. The van der Waals surface area contributed by atoms with E-state index in [-0.39, 0.29) is 11.9 Å². The van der Waals surface area contributed by atoms with Crippen LogP contribution in [0.5, 0.6) is 0 Å². The normalized spacial score (nSPS) is 16.1. The molecule has 0 radical (unpaired) electrons. The summed E-state index contributed by atoms with van der Waals surface area (Å²) in [5.74, 6) is 1.34. The van der Waals surface area contributed by atoms with Gasteiger partial charge in [-0.05, 0) is 51.4 Å². The number of hydrogen-bond acceptors (Lipinski definition) is 5. The number of aromatic nitrogens is 3. The maximum absolute atomic E-state index is 12.3. The van der Waals surface area contributed by atoms with E-state index < -0.39 is 0 Å². The lowest BCUT2D eigenvalue weighted by molar-refractivity contribution is -0.119. The summed E-state index contributed by atoms with van der Waals surface area (Å²) in [6.45, 7) is 7.20. The summed E-state index contributed by atoms with van der Waals surface area (Å²) >= 11 is 1.45. The topological polar surface area (TPSA) is 63.1 Å². The molecule has 1 aromatic carbocycles. The van der Waals surface area contributed by atoms with E-state index in [1.165, 1.54) is 31.0 Å². The van der Waals surface area contributed by atoms with Crippen molar-refractivity contribution in [3.8, 4) is 5.69 Å². The highest BCUT2D eigenvalue weighted by Crippen LogP contribution is 2.23. The van der Waals surface area contributed by atoms with Crippen LogP contribution in [0.15, 0.2) is 35.5 Å². The molecule has 1 aliphatic heterocycles. The molecule has 0 saturated carbocycles. The first-order valence-electron chi connectivity index (χ1n) is 10.3. The molecule has 1 saturated heterocycles. The molecule has 2 aromatic rings. The number of rotatable bonds is 9. The number of amides is 1. The first kappa shape index (κ1) is 20.9. The maximum Gasteiger partial charge on any atom is 0.230 e. The minimum absolute atomic E-state index is 0.0474.